The summed E-state index contributed by atoms with van der Waals surface area (Å²) in [6, 6.07) is 0.0700. The number of rotatable bonds is 2. The molecule has 0 aromatic carbocycles. The zero-order valence-corrected chi connectivity index (χ0v) is 8.85. The maximum absolute atomic E-state index is 11.7. The first-order valence-corrected chi connectivity index (χ1v) is 5.22. The average molecular weight is 222 g/mol. The smallest absolute Gasteiger partial charge is 0.271 e. The highest BCUT2D eigenvalue weighted by molar-refractivity contribution is 5.92. The molecule has 1 fully saturated rings. The first kappa shape index (κ1) is 10.8. The number of carbonyl (C=O) groups excluding carboxylic acids is 1. The van der Waals surface area contributed by atoms with Gasteiger partial charge in [-0.3, -0.25) is 4.79 Å². The van der Waals surface area contributed by atoms with Gasteiger partial charge in [-0.2, -0.15) is 0 Å². The third-order valence-electron chi connectivity index (χ3n) is 2.40. The number of anilines is 1. The fraction of sp³-hybridized carbons (Fsp3) is 0.500. The van der Waals surface area contributed by atoms with E-state index in [1.165, 1.54) is 12.4 Å². The van der Waals surface area contributed by atoms with Crippen molar-refractivity contribution in [1.82, 2.24) is 15.3 Å². The van der Waals surface area contributed by atoms with Crippen molar-refractivity contribution in [1.29, 1.82) is 0 Å². The molecule has 0 spiro atoms. The van der Waals surface area contributed by atoms with Gasteiger partial charge in [0.05, 0.1) is 25.0 Å². The van der Waals surface area contributed by atoms with Crippen LogP contribution < -0.4 is 11.1 Å². The maximum atomic E-state index is 11.7. The Hall–Kier alpha value is -1.69. The van der Waals surface area contributed by atoms with Gasteiger partial charge in [0.1, 0.15) is 11.5 Å². The fourth-order valence-electron chi connectivity index (χ4n) is 1.57. The van der Waals surface area contributed by atoms with Gasteiger partial charge in [-0.25, -0.2) is 9.97 Å². The van der Waals surface area contributed by atoms with Crippen LogP contribution in [0.15, 0.2) is 12.4 Å². The van der Waals surface area contributed by atoms with Gasteiger partial charge < -0.3 is 15.8 Å². The number of amides is 1. The molecule has 1 atom stereocenters. The molecule has 1 aliphatic rings. The number of nitrogens with zero attached hydrogens (tertiary/aromatic N) is 2. The minimum atomic E-state index is -0.233. The molecule has 2 rings (SSSR count). The van der Waals surface area contributed by atoms with E-state index in [1.807, 2.05) is 0 Å². The number of hydrogen-bond donors (Lipinski definition) is 2. The Kier molecular flexibility index (Phi) is 3.31. The molecule has 0 saturated carbocycles. The number of aromatic nitrogens is 2. The lowest BCUT2D eigenvalue weighted by Crippen LogP contribution is -2.40. The van der Waals surface area contributed by atoms with Crippen LogP contribution >= 0.6 is 0 Å². The van der Waals surface area contributed by atoms with E-state index < -0.39 is 0 Å². The predicted molar refractivity (Wildman–Crippen MR) is 57.8 cm³/mol. The Balaban J connectivity index is 1.94. The van der Waals surface area contributed by atoms with E-state index in [2.05, 4.69) is 15.3 Å². The molecule has 1 saturated heterocycles. The molecule has 0 radical (unpaired) electrons. The maximum Gasteiger partial charge on any atom is 0.271 e. The molecule has 16 heavy (non-hydrogen) atoms. The Labute approximate surface area is 93.2 Å². The highest BCUT2D eigenvalue weighted by atomic mass is 16.5. The van der Waals surface area contributed by atoms with Crippen LogP contribution in [0.2, 0.25) is 0 Å². The van der Waals surface area contributed by atoms with Gasteiger partial charge in [0.2, 0.25) is 0 Å². The Bertz CT molecular complexity index is 360. The van der Waals surface area contributed by atoms with Gasteiger partial charge in [0.15, 0.2) is 0 Å². The molecule has 6 nitrogen and oxygen atoms in total. The number of nitrogens with one attached hydrogen (secondary N) is 1. The summed E-state index contributed by atoms with van der Waals surface area (Å²) in [4.78, 5) is 19.4. The Morgan fingerprint density at radius 3 is 3.00 bits per heavy atom. The Morgan fingerprint density at radius 2 is 2.38 bits per heavy atom. The molecule has 0 aliphatic carbocycles. The van der Waals surface area contributed by atoms with Crippen LogP contribution in [0, 0.1) is 0 Å². The second-order valence-electron chi connectivity index (χ2n) is 3.71. The SMILES string of the molecule is Nc1cnc(C(=O)NC2CCCOC2)cn1. The first-order chi connectivity index (χ1) is 7.75. The quantitative estimate of drug-likeness (QED) is 0.733. The van der Waals surface area contributed by atoms with Gasteiger partial charge in [-0.05, 0) is 12.8 Å². The minimum Gasteiger partial charge on any atom is -0.382 e. The fourth-order valence-corrected chi connectivity index (χ4v) is 1.57. The van der Waals surface area contributed by atoms with Crippen molar-refractivity contribution in [3.63, 3.8) is 0 Å². The van der Waals surface area contributed by atoms with E-state index in [9.17, 15) is 4.79 Å². The molecular weight excluding hydrogens is 208 g/mol. The van der Waals surface area contributed by atoms with E-state index in [4.69, 9.17) is 10.5 Å². The third-order valence-corrected chi connectivity index (χ3v) is 2.40. The third kappa shape index (κ3) is 2.66. The van der Waals surface area contributed by atoms with E-state index in [1.54, 1.807) is 0 Å². The second kappa shape index (κ2) is 4.89. The average Bonchev–Trinajstić information content (AvgIpc) is 2.31. The molecule has 3 N–H and O–H groups in total. The lowest BCUT2D eigenvalue weighted by molar-refractivity contribution is 0.0622. The van der Waals surface area contributed by atoms with Crippen molar-refractivity contribution in [2.45, 2.75) is 18.9 Å². The summed E-state index contributed by atoms with van der Waals surface area (Å²) < 4.78 is 5.27. The topological polar surface area (TPSA) is 90.1 Å². The van der Waals surface area contributed by atoms with Crippen LogP contribution in [0.1, 0.15) is 23.3 Å². The highest BCUT2D eigenvalue weighted by Gasteiger charge is 2.17. The van der Waals surface area contributed by atoms with Crippen LogP contribution in [0.5, 0.6) is 0 Å². The lowest BCUT2D eigenvalue weighted by Gasteiger charge is -2.22. The number of carbonyl (C=O) groups is 1. The molecule has 2 heterocycles. The van der Waals surface area contributed by atoms with Crippen LogP contribution in [-0.4, -0.2) is 35.1 Å². The molecule has 1 aliphatic heterocycles. The van der Waals surface area contributed by atoms with Gasteiger partial charge in [-0.15, -0.1) is 0 Å². The first-order valence-electron chi connectivity index (χ1n) is 5.22. The minimum absolute atomic E-state index is 0.0700. The molecule has 6 heteroatoms. The molecule has 1 aromatic rings. The normalized spacial score (nSPS) is 20.4. The van der Waals surface area contributed by atoms with Crippen molar-refractivity contribution in [2.24, 2.45) is 0 Å². The second-order valence-corrected chi connectivity index (χ2v) is 3.71. The van der Waals surface area contributed by atoms with Crippen molar-refractivity contribution in [2.75, 3.05) is 18.9 Å². The summed E-state index contributed by atoms with van der Waals surface area (Å²) in [6.45, 7) is 1.34. The van der Waals surface area contributed by atoms with Crippen molar-refractivity contribution < 1.29 is 9.53 Å². The van der Waals surface area contributed by atoms with Crippen LogP contribution in [0.25, 0.3) is 0 Å². The zero-order valence-electron chi connectivity index (χ0n) is 8.85. The van der Waals surface area contributed by atoms with Crippen molar-refractivity contribution in [3.8, 4) is 0 Å². The number of nitrogens with two attached hydrogens (primary N) is 1. The van der Waals surface area contributed by atoms with Crippen molar-refractivity contribution >= 4 is 11.7 Å². The number of ether oxygens (including phenoxy) is 1. The highest BCUT2D eigenvalue weighted by Crippen LogP contribution is 2.06. The van der Waals surface area contributed by atoms with Crippen molar-refractivity contribution in [3.05, 3.63) is 18.1 Å². The van der Waals surface area contributed by atoms with Crippen LogP contribution in [0.4, 0.5) is 5.82 Å². The summed E-state index contributed by atoms with van der Waals surface area (Å²) >= 11 is 0. The Morgan fingerprint density at radius 1 is 1.50 bits per heavy atom. The van der Waals surface area contributed by atoms with Gasteiger partial charge >= 0.3 is 0 Å². The molecular formula is C10H14N4O2. The van der Waals surface area contributed by atoms with E-state index >= 15 is 0 Å². The monoisotopic (exact) mass is 222 g/mol. The molecule has 0 bridgehead atoms. The van der Waals surface area contributed by atoms with Gasteiger partial charge in [0, 0.05) is 6.61 Å². The van der Waals surface area contributed by atoms with Crippen LogP contribution in [-0.2, 0) is 4.74 Å². The molecule has 86 valence electrons. The lowest BCUT2D eigenvalue weighted by atomic mass is 10.1. The number of nitrogen functional groups attached to an aromatic ring is 1. The molecule has 1 unspecified atom stereocenters. The predicted octanol–water partition coefficient (Wildman–Crippen LogP) is -0.0324. The standard InChI is InChI=1S/C10H14N4O2/c11-9-5-12-8(4-13-9)10(15)14-7-2-1-3-16-6-7/h4-5,7H,1-3,6H2,(H2,11,13)(H,14,15). The molecule has 1 amide bonds. The zero-order chi connectivity index (χ0) is 11.4. The van der Waals surface area contributed by atoms with E-state index in [-0.39, 0.29) is 17.6 Å². The number of hydrogen-bond acceptors (Lipinski definition) is 5. The van der Waals surface area contributed by atoms with E-state index in [0.717, 1.165) is 19.4 Å². The van der Waals surface area contributed by atoms with Crippen LogP contribution in [0.3, 0.4) is 0 Å². The van der Waals surface area contributed by atoms with Gasteiger partial charge in [0.25, 0.3) is 5.91 Å². The van der Waals surface area contributed by atoms with E-state index in [0.29, 0.717) is 12.4 Å². The summed E-state index contributed by atoms with van der Waals surface area (Å²) in [5.74, 6) is 0.0700. The summed E-state index contributed by atoms with van der Waals surface area (Å²) in [6.07, 6.45) is 4.65. The summed E-state index contributed by atoms with van der Waals surface area (Å²) in [5, 5.41) is 2.85. The van der Waals surface area contributed by atoms with Gasteiger partial charge in [-0.1, -0.05) is 0 Å². The largest absolute Gasteiger partial charge is 0.382 e. The summed E-state index contributed by atoms with van der Waals surface area (Å²) in [5.41, 5.74) is 5.66. The summed E-state index contributed by atoms with van der Waals surface area (Å²) in [7, 11) is 0. The molecule has 1 aromatic heterocycles.